The van der Waals surface area contributed by atoms with E-state index >= 15 is 0 Å². The first-order chi connectivity index (χ1) is 8.58. The molecule has 1 fully saturated rings. The van der Waals surface area contributed by atoms with Crippen molar-refractivity contribution in [3.05, 3.63) is 30.3 Å². The van der Waals surface area contributed by atoms with Gasteiger partial charge in [0.05, 0.1) is 12.6 Å². The lowest BCUT2D eigenvalue weighted by molar-refractivity contribution is -0.121. The number of aliphatic hydroxyl groups is 1. The molecule has 0 aliphatic carbocycles. The second kappa shape index (κ2) is 5.05. The fraction of sp³-hybridized carbons (Fsp3) is 0.333. The van der Waals surface area contributed by atoms with Crippen molar-refractivity contribution in [1.82, 2.24) is 4.90 Å². The highest BCUT2D eigenvalue weighted by Gasteiger charge is 2.38. The number of ether oxygens (including phenoxy) is 1. The van der Waals surface area contributed by atoms with Gasteiger partial charge in [-0.05, 0) is 12.1 Å². The van der Waals surface area contributed by atoms with E-state index in [1.807, 2.05) is 0 Å². The van der Waals surface area contributed by atoms with E-state index in [4.69, 9.17) is 10.5 Å². The maximum Gasteiger partial charge on any atom is 0.416 e. The quantitative estimate of drug-likeness (QED) is 0.778. The Balaban J connectivity index is 2.06. The van der Waals surface area contributed by atoms with Crippen molar-refractivity contribution in [2.45, 2.75) is 18.6 Å². The maximum atomic E-state index is 11.9. The van der Waals surface area contributed by atoms with E-state index in [-0.39, 0.29) is 13.0 Å². The zero-order valence-corrected chi connectivity index (χ0v) is 9.65. The molecule has 0 spiro atoms. The highest BCUT2D eigenvalue weighted by molar-refractivity contribution is 5.85. The maximum absolute atomic E-state index is 11.9. The molecule has 0 aromatic heterocycles. The van der Waals surface area contributed by atoms with Crippen LogP contribution in [-0.4, -0.2) is 40.7 Å². The summed E-state index contributed by atoms with van der Waals surface area (Å²) in [6.45, 7) is 0.0548. The van der Waals surface area contributed by atoms with Gasteiger partial charge in [-0.2, -0.15) is 0 Å². The first kappa shape index (κ1) is 12.4. The van der Waals surface area contributed by atoms with Crippen molar-refractivity contribution in [3.63, 3.8) is 0 Å². The van der Waals surface area contributed by atoms with Crippen LogP contribution in [0.25, 0.3) is 0 Å². The standard InChI is InChI=1S/C12H14N2O4/c13-11(16)10-6-8(15)7-14(10)12(17)18-9-4-2-1-3-5-9/h1-5,8,10,15H,6-7H2,(H2,13,16). The molecule has 0 radical (unpaired) electrons. The van der Waals surface area contributed by atoms with Gasteiger partial charge in [0.15, 0.2) is 0 Å². The van der Waals surface area contributed by atoms with Crippen molar-refractivity contribution >= 4 is 12.0 Å². The average molecular weight is 250 g/mol. The van der Waals surface area contributed by atoms with Crippen LogP contribution in [-0.2, 0) is 4.79 Å². The number of benzene rings is 1. The summed E-state index contributed by atoms with van der Waals surface area (Å²) in [5.41, 5.74) is 5.18. The van der Waals surface area contributed by atoms with Gasteiger partial charge in [0.1, 0.15) is 11.8 Å². The molecular weight excluding hydrogens is 236 g/mol. The molecule has 2 atom stereocenters. The summed E-state index contributed by atoms with van der Waals surface area (Å²) in [6.07, 6.45) is -1.27. The lowest BCUT2D eigenvalue weighted by Gasteiger charge is -2.20. The Morgan fingerprint density at radius 3 is 2.61 bits per heavy atom. The van der Waals surface area contributed by atoms with Crippen molar-refractivity contribution in [2.75, 3.05) is 6.54 Å². The molecule has 18 heavy (non-hydrogen) atoms. The number of hydrogen-bond donors (Lipinski definition) is 2. The summed E-state index contributed by atoms with van der Waals surface area (Å²) >= 11 is 0. The minimum Gasteiger partial charge on any atom is -0.410 e. The van der Waals surface area contributed by atoms with Gasteiger partial charge in [-0.25, -0.2) is 4.79 Å². The third kappa shape index (κ3) is 2.60. The molecule has 1 aliphatic heterocycles. The van der Waals surface area contributed by atoms with E-state index in [1.165, 1.54) is 0 Å². The fourth-order valence-electron chi connectivity index (χ4n) is 1.93. The van der Waals surface area contributed by atoms with Crippen molar-refractivity contribution < 1.29 is 19.4 Å². The summed E-state index contributed by atoms with van der Waals surface area (Å²) in [5.74, 6) is -0.260. The first-order valence-corrected chi connectivity index (χ1v) is 5.59. The van der Waals surface area contributed by atoms with Crippen LogP contribution in [0, 0.1) is 0 Å². The largest absolute Gasteiger partial charge is 0.416 e. The van der Waals surface area contributed by atoms with Crippen molar-refractivity contribution in [3.8, 4) is 5.75 Å². The van der Waals surface area contributed by atoms with Gasteiger partial charge in [-0.3, -0.25) is 9.69 Å². The van der Waals surface area contributed by atoms with E-state index in [0.29, 0.717) is 5.75 Å². The molecule has 1 saturated heterocycles. The zero-order chi connectivity index (χ0) is 13.1. The minimum atomic E-state index is -0.809. The van der Waals surface area contributed by atoms with Crippen LogP contribution >= 0.6 is 0 Å². The number of aliphatic hydroxyl groups excluding tert-OH is 1. The number of primary amides is 1. The molecule has 2 unspecified atom stereocenters. The van der Waals surface area contributed by atoms with E-state index < -0.39 is 24.1 Å². The highest BCUT2D eigenvalue weighted by Crippen LogP contribution is 2.20. The van der Waals surface area contributed by atoms with Crippen LogP contribution in [0.1, 0.15) is 6.42 Å². The Hall–Kier alpha value is -2.08. The van der Waals surface area contributed by atoms with Gasteiger partial charge in [-0.1, -0.05) is 18.2 Å². The van der Waals surface area contributed by atoms with Gasteiger partial charge in [0.2, 0.25) is 5.91 Å². The molecular formula is C12H14N2O4. The van der Waals surface area contributed by atoms with Gasteiger partial charge in [0, 0.05) is 6.42 Å². The van der Waals surface area contributed by atoms with Crippen LogP contribution in [0.2, 0.25) is 0 Å². The van der Waals surface area contributed by atoms with Crippen LogP contribution in [0.5, 0.6) is 5.75 Å². The van der Waals surface area contributed by atoms with Gasteiger partial charge in [-0.15, -0.1) is 0 Å². The molecule has 6 nitrogen and oxygen atoms in total. The second-order valence-corrected chi connectivity index (χ2v) is 4.14. The Morgan fingerprint density at radius 2 is 2.00 bits per heavy atom. The number of para-hydroxylation sites is 1. The third-order valence-electron chi connectivity index (χ3n) is 2.79. The molecule has 6 heteroatoms. The first-order valence-electron chi connectivity index (χ1n) is 5.59. The van der Waals surface area contributed by atoms with Gasteiger partial charge >= 0.3 is 6.09 Å². The summed E-state index contributed by atoms with van der Waals surface area (Å²) in [5, 5.41) is 9.48. The lowest BCUT2D eigenvalue weighted by atomic mass is 10.2. The monoisotopic (exact) mass is 250 g/mol. The number of amides is 2. The molecule has 1 aromatic carbocycles. The van der Waals surface area contributed by atoms with E-state index in [1.54, 1.807) is 30.3 Å². The van der Waals surface area contributed by atoms with E-state index in [2.05, 4.69) is 0 Å². The highest BCUT2D eigenvalue weighted by atomic mass is 16.6. The molecule has 0 saturated carbocycles. The number of nitrogens with zero attached hydrogens (tertiary/aromatic N) is 1. The number of nitrogens with two attached hydrogens (primary N) is 1. The number of carbonyl (C=O) groups excluding carboxylic acids is 2. The number of β-amino-alcohol motifs (C(OH)–C–C–N with tert-alkyl or cyclic N) is 1. The Kier molecular flexibility index (Phi) is 3.47. The average Bonchev–Trinajstić information content (AvgIpc) is 2.73. The molecule has 3 N–H and O–H groups in total. The Bertz CT molecular complexity index is 449. The van der Waals surface area contributed by atoms with Gasteiger partial charge < -0.3 is 15.6 Å². The summed E-state index contributed by atoms with van der Waals surface area (Å²) in [6, 6.07) is 7.70. The van der Waals surface area contributed by atoms with Crippen LogP contribution in [0.15, 0.2) is 30.3 Å². The van der Waals surface area contributed by atoms with Crippen molar-refractivity contribution in [2.24, 2.45) is 5.73 Å². The summed E-state index contributed by atoms with van der Waals surface area (Å²) in [7, 11) is 0. The number of rotatable bonds is 2. The molecule has 2 amide bonds. The molecule has 0 bridgehead atoms. The van der Waals surface area contributed by atoms with E-state index in [9.17, 15) is 14.7 Å². The third-order valence-corrected chi connectivity index (χ3v) is 2.79. The summed E-state index contributed by atoms with van der Waals surface area (Å²) in [4.78, 5) is 24.2. The molecule has 2 rings (SSSR count). The van der Waals surface area contributed by atoms with Crippen LogP contribution in [0.4, 0.5) is 4.79 Å². The molecule has 1 aliphatic rings. The van der Waals surface area contributed by atoms with Crippen LogP contribution in [0.3, 0.4) is 0 Å². The van der Waals surface area contributed by atoms with E-state index in [0.717, 1.165) is 4.90 Å². The molecule has 96 valence electrons. The SMILES string of the molecule is NC(=O)C1CC(O)CN1C(=O)Oc1ccccc1. The predicted octanol–water partition coefficient (Wildman–Crippen LogP) is 0.106. The fourth-order valence-corrected chi connectivity index (χ4v) is 1.93. The second-order valence-electron chi connectivity index (χ2n) is 4.14. The van der Waals surface area contributed by atoms with Crippen molar-refractivity contribution in [1.29, 1.82) is 0 Å². The molecule has 1 heterocycles. The zero-order valence-electron chi connectivity index (χ0n) is 9.65. The number of carbonyl (C=O) groups is 2. The van der Waals surface area contributed by atoms with Crippen LogP contribution < -0.4 is 10.5 Å². The Morgan fingerprint density at radius 1 is 1.33 bits per heavy atom. The Labute approximate surface area is 104 Å². The number of likely N-dealkylation sites (tertiary alicyclic amines) is 1. The predicted molar refractivity (Wildman–Crippen MR) is 62.8 cm³/mol. The molecule has 1 aromatic rings. The number of hydrogen-bond acceptors (Lipinski definition) is 4. The minimum absolute atomic E-state index is 0.0548. The normalized spacial score (nSPS) is 22.8. The topological polar surface area (TPSA) is 92.9 Å². The van der Waals surface area contributed by atoms with Gasteiger partial charge in [0.25, 0.3) is 0 Å². The smallest absolute Gasteiger partial charge is 0.410 e. The summed E-state index contributed by atoms with van der Waals surface area (Å²) < 4.78 is 5.10. The lowest BCUT2D eigenvalue weighted by Crippen LogP contribution is -2.45.